The highest BCUT2D eigenvalue weighted by Gasteiger charge is 2.34. The number of likely N-dealkylation sites (N-methyl/N-ethyl adjacent to an activating group) is 1. The molecule has 1 aromatic heterocycles. The van der Waals surface area contributed by atoms with Gasteiger partial charge >= 0.3 is 0 Å². The number of hydrogen-bond donors (Lipinski definition) is 1. The monoisotopic (exact) mass is 399 g/mol. The van der Waals surface area contributed by atoms with E-state index in [0.717, 1.165) is 0 Å². The summed E-state index contributed by atoms with van der Waals surface area (Å²) in [5.41, 5.74) is 0. The highest BCUT2D eigenvalue weighted by molar-refractivity contribution is 7.86. The van der Waals surface area contributed by atoms with Gasteiger partial charge in [0.05, 0.1) is 12.8 Å². The van der Waals surface area contributed by atoms with Gasteiger partial charge < -0.3 is 19.5 Å². The molecule has 0 atom stereocenters. The number of hydrogen-bond acceptors (Lipinski definition) is 6. The van der Waals surface area contributed by atoms with Crippen molar-refractivity contribution < 1.29 is 22.4 Å². The standard InChI is InChI=1S/C16H25N5O5S/c1-18-4-8-20(9-5-18)27(24,25)21-10-6-19(7-11-21)15(22)13-17-16(23)14-3-2-12-26-14/h2-3,12H,4-11,13H2,1H3,(H,17,23). The Bertz CT molecular complexity index is 750. The molecule has 27 heavy (non-hydrogen) atoms. The Labute approximate surface area is 158 Å². The van der Waals surface area contributed by atoms with Crippen molar-refractivity contribution in [3.05, 3.63) is 24.2 Å². The summed E-state index contributed by atoms with van der Waals surface area (Å²) in [5.74, 6) is -0.554. The van der Waals surface area contributed by atoms with E-state index in [0.29, 0.717) is 39.3 Å². The minimum absolute atomic E-state index is 0.144. The number of carbonyl (C=O) groups excluding carboxylic acids is 2. The normalized spacial score (nSPS) is 20.6. The molecule has 11 heteroatoms. The van der Waals surface area contributed by atoms with Crippen LogP contribution in [0.15, 0.2) is 22.8 Å². The molecule has 2 aliphatic heterocycles. The third-order valence-corrected chi connectivity index (χ3v) is 6.89. The molecular formula is C16H25N5O5S. The Morgan fingerprint density at radius 1 is 1.04 bits per heavy atom. The predicted octanol–water partition coefficient (Wildman–Crippen LogP) is -1.35. The van der Waals surface area contributed by atoms with Crippen molar-refractivity contribution in [1.29, 1.82) is 0 Å². The Morgan fingerprint density at radius 3 is 2.19 bits per heavy atom. The fourth-order valence-corrected chi connectivity index (χ4v) is 4.69. The molecule has 3 rings (SSSR count). The molecule has 0 radical (unpaired) electrons. The van der Waals surface area contributed by atoms with Gasteiger partial charge in [0.1, 0.15) is 0 Å². The minimum Gasteiger partial charge on any atom is -0.459 e. The van der Waals surface area contributed by atoms with Gasteiger partial charge in [-0.3, -0.25) is 9.59 Å². The molecule has 0 bridgehead atoms. The predicted molar refractivity (Wildman–Crippen MR) is 97.2 cm³/mol. The van der Waals surface area contributed by atoms with E-state index in [4.69, 9.17) is 4.42 Å². The van der Waals surface area contributed by atoms with Gasteiger partial charge in [0.25, 0.3) is 16.1 Å². The van der Waals surface area contributed by atoms with Gasteiger partial charge in [-0.1, -0.05) is 0 Å². The SMILES string of the molecule is CN1CCN(S(=O)(=O)N2CCN(C(=O)CNC(=O)c3ccco3)CC2)CC1. The molecule has 1 N–H and O–H groups in total. The van der Waals surface area contributed by atoms with Crippen LogP contribution in [0.5, 0.6) is 0 Å². The molecule has 2 amide bonds. The maximum atomic E-state index is 12.7. The second-order valence-electron chi connectivity index (χ2n) is 6.65. The first-order valence-electron chi connectivity index (χ1n) is 8.91. The van der Waals surface area contributed by atoms with Crippen molar-refractivity contribution in [2.45, 2.75) is 0 Å². The van der Waals surface area contributed by atoms with Crippen molar-refractivity contribution in [3.63, 3.8) is 0 Å². The van der Waals surface area contributed by atoms with Gasteiger partial charge in [-0.25, -0.2) is 0 Å². The number of nitrogens with zero attached hydrogens (tertiary/aromatic N) is 4. The van der Waals surface area contributed by atoms with Crippen LogP contribution in [0, 0.1) is 0 Å². The zero-order chi connectivity index (χ0) is 19.4. The zero-order valence-corrected chi connectivity index (χ0v) is 16.2. The van der Waals surface area contributed by atoms with Crippen LogP contribution in [0.4, 0.5) is 0 Å². The minimum atomic E-state index is -3.49. The molecule has 2 aliphatic rings. The van der Waals surface area contributed by atoms with Crippen molar-refractivity contribution in [2.24, 2.45) is 0 Å². The van der Waals surface area contributed by atoms with Gasteiger partial charge in [-0.2, -0.15) is 17.0 Å². The van der Waals surface area contributed by atoms with Crippen LogP contribution in [0.25, 0.3) is 0 Å². The summed E-state index contributed by atoms with van der Waals surface area (Å²) in [7, 11) is -1.52. The second kappa shape index (κ2) is 8.38. The summed E-state index contributed by atoms with van der Waals surface area (Å²) in [5, 5.41) is 2.51. The maximum absolute atomic E-state index is 12.7. The molecule has 1 aromatic rings. The van der Waals surface area contributed by atoms with E-state index in [2.05, 4.69) is 10.2 Å². The van der Waals surface area contributed by atoms with Gasteiger partial charge in [0.2, 0.25) is 5.91 Å². The topological polar surface area (TPSA) is 106 Å². The van der Waals surface area contributed by atoms with E-state index >= 15 is 0 Å². The average Bonchev–Trinajstić information content (AvgIpc) is 3.21. The molecule has 10 nitrogen and oxygen atoms in total. The molecule has 150 valence electrons. The molecule has 0 aliphatic carbocycles. The van der Waals surface area contributed by atoms with E-state index in [1.165, 1.54) is 20.9 Å². The lowest BCUT2D eigenvalue weighted by atomic mass is 10.3. The number of nitrogens with one attached hydrogen (secondary N) is 1. The lowest BCUT2D eigenvalue weighted by Gasteiger charge is -2.39. The van der Waals surface area contributed by atoms with E-state index in [9.17, 15) is 18.0 Å². The lowest BCUT2D eigenvalue weighted by molar-refractivity contribution is -0.131. The first-order chi connectivity index (χ1) is 12.9. The number of carbonyl (C=O) groups is 2. The van der Waals surface area contributed by atoms with Gasteiger partial charge in [-0.15, -0.1) is 0 Å². The summed E-state index contributed by atoms with van der Waals surface area (Å²) in [6.45, 7) is 3.38. The first-order valence-corrected chi connectivity index (χ1v) is 10.3. The fourth-order valence-electron chi connectivity index (χ4n) is 3.11. The molecule has 3 heterocycles. The average molecular weight is 399 g/mol. The van der Waals surface area contributed by atoms with E-state index in [1.807, 2.05) is 7.05 Å². The Kier molecular flexibility index (Phi) is 6.15. The van der Waals surface area contributed by atoms with Crippen LogP contribution in [-0.2, 0) is 15.0 Å². The lowest BCUT2D eigenvalue weighted by Crippen LogP contribution is -2.57. The largest absolute Gasteiger partial charge is 0.459 e. The quantitative estimate of drug-likeness (QED) is 0.656. The van der Waals surface area contributed by atoms with E-state index in [1.54, 1.807) is 11.0 Å². The summed E-state index contributed by atoms with van der Waals surface area (Å²) < 4.78 is 33.4. The highest BCUT2D eigenvalue weighted by atomic mass is 32.2. The molecule has 0 unspecified atom stereocenters. The van der Waals surface area contributed by atoms with E-state index in [-0.39, 0.29) is 31.3 Å². The Morgan fingerprint density at radius 2 is 1.63 bits per heavy atom. The van der Waals surface area contributed by atoms with Crippen LogP contribution in [0.1, 0.15) is 10.6 Å². The smallest absolute Gasteiger partial charge is 0.287 e. The van der Waals surface area contributed by atoms with Crippen molar-refractivity contribution >= 4 is 22.0 Å². The third-order valence-electron chi connectivity index (χ3n) is 4.85. The molecule has 0 saturated carbocycles. The van der Waals surface area contributed by atoms with Crippen LogP contribution in [0.3, 0.4) is 0 Å². The zero-order valence-electron chi connectivity index (χ0n) is 15.3. The number of rotatable bonds is 5. The number of piperazine rings is 2. The van der Waals surface area contributed by atoms with Gasteiger partial charge in [0, 0.05) is 52.4 Å². The Balaban J connectivity index is 1.46. The summed E-state index contributed by atoms with van der Waals surface area (Å²) in [4.78, 5) is 27.7. The van der Waals surface area contributed by atoms with Crippen LogP contribution in [-0.4, -0.2) is 105 Å². The summed E-state index contributed by atoms with van der Waals surface area (Å²) >= 11 is 0. The van der Waals surface area contributed by atoms with Crippen LogP contribution in [0.2, 0.25) is 0 Å². The summed E-state index contributed by atoms with van der Waals surface area (Å²) in [6.07, 6.45) is 1.39. The van der Waals surface area contributed by atoms with Crippen molar-refractivity contribution in [1.82, 2.24) is 23.7 Å². The molecular weight excluding hydrogens is 374 g/mol. The van der Waals surface area contributed by atoms with Crippen LogP contribution >= 0.6 is 0 Å². The van der Waals surface area contributed by atoms with Crippen molar-refractivity contribution in [3.8, 4) is 0 Å². The highest BCUT2D eigenvalue weighted by Crippen LogP contribution is 2.14. The van der Waals surface area contributed by atoms with Gasteiger partial charge in [0.15, 0.2) is 5.76 Å². The van der Waals surface area contributed by atoms with Gasteiger partial charge in [-0.05, 0) is 19.2 Å². The first kappa shape index (κ1) is 19.8. The number of amides is 2. The van der Waals surface area contributed by atoms with E-state index < -0.39 is 16.1 Å². The number of furan rings is 1. The van der Waals surface area contributed by atoms with Crippen LogP contribution < -0.4 is 5.32 Å². The summed E-state index contributed by atoms with van der Waals surface area (Å²) in [6, 6.07) is 3.11. The fraction of sp³-hybridized carbons (Fsp3) is 0.625. The molecule has 0 spiro atoms. The Hall–Kier alpha value is -1.95. The third kappa shape index (κ3) is 4.67. The molecule has 2 saturated heterocycles. The second-order valence-corrected chi connectivity index (χ2v) is 8.58. The maximum Gasteiger partial charge on any atom is 0.287 e. The molecule has 0 aromatic carbocycles. The molecule has 2 fully saturated rings. The van der Waals surface area contributed by atoms with Crippen molar-refractivity contribution in [2.75, 3.05) is 66.0 Å².